The Kier molecular flexibility index (Phi) is 4.90. The van der Waals surface area contributed by atoms with Crippen molar-refractivity contribution in [3.05, 3.63) is 46.7 Å². The van der Waals surface area contributed by atoms with Gasteiger partial charge in [0.25, 0.3) is 5.91 Å². The number of hydrogen-bond donors (Lipinski definition) is 2. The Labute approximate surface area is 135 Å². The van der Waals surface area contributed by atoms with Crippen LogP contribution in [0.3, 0.4) is 0 Å². The average molecular weight is 315 g/mol. The van der Waals surface area contributed by atoms with Gasteiger partial charge in [-0.1, -0.05) is 30.3 Å². The van der Waals surface area contributed by atoms with Gasteiger partial charge in [-0.3, -0.25) is 4.79 Å². The summed E-state index contributed by atoms with van der Waals surface area (Å²) in [6, 6.07) is 12.3. The van der Waals surface area contributed by atoms with Gasteiger partial charge >= 0.3 is 0 Å². The maximum absolute atomic E-state index is 12.6. The van der Waals surface area contributed by atoms with Gasteiger partial charge in [-0.05, 0) is 48.6 Å². The second-order valence-corrected chi connectivity index (χ2v) is 6.82. The Morgan fingerprint density at radius 2 is 1.86 bits per heavy atom. The van der Waals surface area contributed by atoms with Crippen molar-refractivity contribution < 1.29 is 9.90 Å². The molecule has 22 heavy (non-hydrogen) atoms. The molecule has 0 bridgehead atoms. The summed E-state index contributed by atoms with van der Waals surface area (Å²) < 4.78 is 0. The van der Waals surface area contributed by atoms with Gasteiger partial charge in [0.15, 0.2) is 0 Å². The highest BCUT2D eigenvalue weighted by Gasteiger charge is 2.23. The molecule has 0 radical (unpaired) electrons. The van der Waals surface area contributed by atoms with E-state index >= 15 is 0 Å². The molecule has 0 aliphatic heterocycles. The van der Waals surface area contributed by atoms with Crippen LogP contribution in [-0.2, 0) is 0 Å². The minimum atomic E-state index is 0.0290. The molecule has 1 amide bonds. The molecule has 1 aliphatic rings. The molecular weight excluding hydrogens is 294 g/mol. The van der Waals surface area contributed by atoms with E-state index in [4.69, 9.17) is 0 Å². The number of amides is 1. The van der Waals surface area contributed by atoms with Crippen LogP contribution in [0.5, 0.6) is 0 Å². The second kappa shape index (κ2) is 7.07. The van der Waals surface area contributed by atoms with E-state index < -0.39 is 0 Å². The zero-order valence-corrected chi connectivity index (χ0v) is 13.3. The monoisotopic (exact) mass is 315 g/mol. The van der Waals surface area contributed by atoms with Crippen molar-refractivity contribution in [3.63, 3.8) is 0 Å². The maximum atomic E-state index is 12.6. The third-order valence-corrected chi connectivity index (χ3v) is 5.31. The van der Waals surface area contributed by atoms with Crippen LogP contribution in [0.4, 0.5) is 0 Å². The van der Waals surface area contributed by atoms with E-state index in [0.29, 0.717) is 5.92 Å². The zero-order chi connectivity index (χ0) is 15.4. The maximum Gasteiger partial charge on any atom is 0.262 e. The standard InChI is InChI=1S/C18H21NO2S/c20-12-13-6-8-15(9-7-13)19-18(21)17-16(10-11-22-17)14-4-2-1-3-5-14/h1-5,10-11,13,15,20H,6-9,12H2,(H,19,21). The normalized spacial score (nSPS) is 21.5. The van der Waals surface area contributed by atoms with Crippen LogP contribution in [-0.4, -0.2) is 23.7 Å². The van der Waals surface area contributed by atoms with Gasteiger partial charge in [-0.15, -0.1) is 11.3 Å². The van der Waals surface area contributed by atoms with Crippen molar-refractivity contribution in [1.82, 2.24) is 5.32 Å². The molecule has 1 aromatic heterocycles. The van der Waals surface area contributed by atoms with E-state index in [0.717, 1.165) is 41.7 Å². The first kappa shape index (κ1) is 15.3. The van der Waals surface area contributed by atoms with Gasteiger partial charge in [-0.2, -0.15) is 0 Å². The van der Waals surface area contributed by atoms with Crippen molar-refractivity contribution in [2.75, 3.05) is 6.61 Å². The summed E-state index contributed by atoms with van der Waals surface area (Å²) in [5.74, 6) is 0.441. The first-order valence-electron chi connectivity index (χ1n) is 7.82. The molecule has 4 heteroatoms. The van der Waals surface area contributed by atoms with Crippen LogP contribution in [0.25, 0.3) is 11.1 Å². The highest BCUT2D eigenvalue weighted by atomic mass is 32.1. The third-order valence-electron chi connectivity index (χ3n) is 4.40. The summed E-state index contributed by atoms with van der Waals surface area (Å²) in [4.78, 5) is 13.4. The van der Waals surface area contributed by atoms with E-state index in [1.807, 2.05) is 41.8 Å². The molecule has 0 spiro atoms. The second-order valence-electron chi connectivity index (χ2n) is 5.90. The number of carbonyl (C=O) groups excluding carboxylic acids is 1. The van der Waals surface area contributed by atoms with Crippen molar-refractivity contribution in [3.8, 4) is 11.1 Å². The van der Waals surface area contributed by atoms with Crippen LogP contribution in [0.2, 0.25) is 0 Å². The van der Waals surface area contributed by atoms with Crippen LogP contribution in [0, 0.1) is 5.92 Å². The fraction of sp³-hybridized carbons (Fsp3) is 0.389. The minimum absolute atomic E-state index is 0.0290. The summed E-state index contributed by atoms with van der Waals surface area (Å²) >= 11 is 1.49. The zero-order valence-electron chi connectivity index (χ0n) is 12.5. The van der Waals surface area contributed by atoms with Gasteiger partial charge in [0, 0.05) is 18.2 Å². The Morgan fingerprint density at radius 1 is 1.14 bits per heavy atom. The lowest BCUT2D eigenvalue weighted by atomic mass is 9.86. The van der Waals surface area contributed by atoms with Crippen LogP contribution in [0.1, 0.15) is 35.4 Å². The number of thiophene rings is 1. The number of nitrogens with one attached hydrogen (secondary N) is 1. The van der Waals surface area contributed by atoms with Crippen LogP contribution >= 0.6 is 11.3 Å². The van der Waals surface area contributed by atoms with Crippen LogP contribution in [0.15, 0.2) is 41.8 Å². The van der Waals surface area contributed by atoms with Gasteiger partial charge < -0.3 is 10.4 Å². The Bertz CT molecular complexity index is 615. The molecular formula is C18H21NO2S. The van der Waals surface area contributed by atoms with Gasteiger partial charge in [0.05, 0.1) is 4.88 Å². The molecule has 3 rings (SSSR count). The topological polar surface area (TPSA) is 49.3 Å². The summed E-state index contributed by atoms with van der Waals surface area (Å²) in [6.45, 7) is 0.268. The van der Waals surface area contributed by atoms with E-state index in [-0.39, 0.29) is 18.6 Å². The highest BCUT2D eigenvalue weighted by Crippen LogP contribution is 2.29. The van der Waals surface area contributed by atoms with Crippen LogP contribution < -0.4 is 5.32 Å². The molecule has 1 saturated carbocycles. The smallest absolute Gasteiger partial charge is 0.262 e. The first-order valence-corrected chi connectivity index (χ1v) is 8.70. The van der Waals surface area contributed by atoms with Crippen molar-refractivity contribution in [2.45, 2.75) is 31.7 Å². The quantitative estimate of drug-likeness (QED) is 0.904. The fourth-order valence-corrected chi connectivity index (χ4v) is 3.89. The summed E-state index contributed by atoms with van der Waals surface area (Å²) in [5.41, 5.74) is 2.09. The number of rotatable bonds is 4. The molecule has 1 heterocycles. The minimum Gasteiger partial charge on any atom is -0.396 e. The molecule has 0 atom stereocenters. The molecule has 116 valence electrons. The Morgan fingerprint density at radius 3 is 2.55 bits per heavy atom. The SMILES string of the molecule is O=C(NC1CCC(CO)CC1)c1sccc1-c1ccccc1. The molecule has 2 N–H and O–H groups in total. The van der Waals surface area contributed by atoms with E-state index in [1.165, 1.54) is 11.3 Å². The molecule has 1 fully saturated rings. The number of aliphatic hydroxyl groups is 1. The van der Waals surface area contributed by atoms with E-state index in [1.54, 1.807) is 0 Å². The number of carbonyl (C=O) groups is 1. The summed E-state index contributed by atoms with van der Waals surface area (Å²) in [5, 5.41) is 14.3. The fourth-order valence-electron chi connectivity index (χ4n) is 3.07. The Hall–Kier alpha value is -1.65. The predicted octanol–water partition coefficient (Wildman–Crippen LogP) is 3.70. The lowest BCUT2D eigenvalue weighted by molar-refractivity contribution is 0.0918. The molecule has 3 nitrogen and oxygen atoms in total. The van der Waals surface area contributed by atoms with Gasteiger partial charge in [0.2, 0.25) is 0 Å². The number of hydrogen-bond acceptors (Lipinski definition) is 3. The molecule has 1 aromatic carbocycles. The third kappa shape index (κ3) is 3.39. The van der Waals surface area contributed by atoms with E-state index in [2.05, 4.69) is 5.32 Å². The van der Waals surface area contributed by atoms with Gasteiger partial charge in [-0.25, -0.2) is 0 Å². The molecule has 0 saturated heterocycles. The van der Waals surface area contributed by atoms with Crippen molar-refractivity contribution in [1.29, 1.82) is 0 Å². The Balaban J connectivity index is 1.68. The lowest BCUT2D eigenvalue weighted by Crippen LogP contribution is -2.37. The average Bonchev–Trinajstić information content (AvgIpc) is 3.06. The predicted molar refractivity (Wildman–Crippen MR) is 90.1 cm³/mol. The van der Waals surface area contributed by atoms with Crippen molar-refractivity contribution in [2.24, 2.45) is 5.92 Å². The highest BCUT2D eigenvalue weighted by molar-refractivity contribution is 7.12. The first-order chi connectivity index (χ1) is 10.8. The lowest BCUT2D eigenvalue weighted by Gasteiger charge is -2.27. The number of aliphatic hydroxyl groups excluding tert-OH is 1. The number of benzene rings is 1. The largest absolute Gasteiger partial charge is 0.396 e. The molecule has 1 aliphatic carbocycles. The van der Waals surface area contributed by atoms with Gasteiger partial charge in [0.1, 0.15) is 0 Å². The summed E-state index contributed by atoms with van der Waals surface area (Å²) in [7, 11) is 0. The van der Waals surface area contributed by atoms with Crippen molar-refractivity contribution >= 4 is 17.2 Å². The molecule has 2 aromatic rings. The molecule has 0 unspecified atom stereocenters. The summed E-state index contributed by atoms with van der Waals surface area (Å²) in [6.07, 6.45) is 3.92. The van der Waals surface area contributed by atoms with E-state index in [9.17, 15) is 9.90 Å².